The molecule has 1 heterocycles. The zero-order chi connectivity index (χ0) is 15.3. The van der Waals surface area contributed by atoms with Crippen LogP contribution in [-0.4, -0.2) is 35.8 Å². The molecule has 20 heavy (non-hydrogen) atoms. The van der Waals surface area contributed by atoms with E-state index in [0.717, 1.165) is 5.76 Å². The lowest BCUT2D eigenvalue weighted by atomic mass is 10.2. The molecule has 0 radical (unpaired) electrons. The minimum atomic E-state index is -0.0841. The third-order valence-electron chi connectivity index (χ3n) is 3.00. The van der Waals surface area contributed by atoms with Gasteiger partial charge in [0.1, 0.15) is 11.5 Å². The van der Waals surface area contributed by atoms with Crippen LogP contribution in [0, 0.1) is 13.8 Å². The van der Waals surface area contributed by atoms with Crippen molar-refractivity contribution in [2.45, 2.75) is 47.1 Å². The lowest BCUT2D eigenvalue weighted by molar-refractivity contribution is -0.121. The second-order valence-corrected chi connectivity index (χ2v) is 5.18. The molecule has 0 bridgehead atoms. The van der Waals surface area contributed by atoms with Crippen LogP contribution in [0.4, 0.5) is 0 Å². The molecule has 5 nitrogen and oxygen atoms in total. The van der Waals surface area contributed by atoms with E-state index in [-0.39, 0.29) is 17.9 Å². The fourth-order valence-electron chi connectivity index (χ4n) is 2.05. The van der Waals surface area contributed by atoms with E-state index in [1.807, 2.05) is 27.7 Å². The minimum Gasteiger partial charge on any atom is -0.466 e. The first-order valence-electron chi connectivity index (χ1n) is 7.00. The van der Waals surface area contributed by atoms with Crippen molar-refractivity contribution in [3.63, 3.8) is 0 Å². The SMILES string of the molecule is CCN(CCC(=O)NC(C)C)C(=O)c1cc(C)oc1C. The Labute approximate surface area is 120 Å². The molecule has 1 rings (SSSR count). The smallest absolute Gasteiger partial charge is 0.257 e. The van der Waals surface area contributed by atoms with E-state index in [4.69, 9.17) is 4.42 Å². The van der Waals surface area contributed by atoms with Crippen molar-refractivity contribution in [2.75, 3.05) is 13.1 Å². The van der Waals surface area contributed by atoms with E-state index >= 15 is 0 Å². The van der Waals surface area contributed by atoms with Gasteiger partial charge in [-0.25, -0.2) is 0 Å². The summed E-state index contributed by atoms with van der Waals surface area (Å²) < 4.78 is 5.38. The van der Waals surface area contributed by atoms with Crippen LogP contribution in [0.3, 0.4) is 0 Å². The number of nitrogens with zero attached hydrogens (tertiary/aromatic N) is 1. The standard InChI is InChI=1S/C15H24N2O3/c1-6-17(8-7-14(18)16-10(2)3)15(19)13-9-11(4)20-12(13)5/h9-10H,6-8H2,1-5H3,(H,16,18). The highest BCUT2D eigenvalue weighted by atomic mass is 16.3. The Kier molecular flexibility index (Phi) is 5.80. The average molecular weight is 280 g/mol. The number of furan rings is 1. The van der Waals surface area contributed by atoms with Gasteiger partial charge in [0.2, 0.25) is 5.91 Å². The highest BCUT2D eigenvalue weighted by Gasteiger charge is 2.20. The van der Waals surface area contributed by atoms with Gasteiger partial charge in [-0.05, 0) is 40.7 Å². The predicted molar refractivity (Wildman–Crippen MR) is 77.7 cm³/mol. The predicted octanol–water partition coefficient (Wildman–Crippen LogP) is 2.27. The fourth-order valence-corrected chi connectivity index (χ4v) is 2.05. The number of nitrogens with one attached hydrogen (secondary N) is 1. The van der Waals surface area contributed by atoms with Crippen LogP contribution >= 0.6 is 0 Å². The van der Waals surface area contributed by atoms with Crippen LogP contribution in [0.15, 0.2) is 10.5 Å². The Bertz CT molecular complexity index is 477. The van der Waals surface area contributed by atoms with Gasteiger partial charge in [0.25, 0.3) is 5.91 Å². The number of carbonyl (C=O) groups excluding carboxylic acids is 2. The van der Waals surface area contributed by atoms with Crippen LogP contribution in [0.2, 0.25) is 0 Å². The Morgan fingerprint density at radius 1 is 1.35 bits per heavy atom. The average Bonchev–Trinajstić information content (AvgIpc) is 2.68. The summed E-state index contributed by atoms with van der Waals surface area (Å²) in [6.07, 6.45) is 0.313. The number of hydrogen-bond acceptors (Lipinski definition) is 3. The molecule has 112 valence electrons. The number of aryl methyl sites for hydroxylation is 2. The molecule has 0 aliphatic heterocycles. The first-order valence-corrected chi connectivity index (χ1v) is 7.00. The van der Waals surface area contributed by atoms with Gasteiger partial charge >= 0.3 is 0 Å². The number of carbonyl (C=O) groups is 2. The summed E-state index contributed by atoms with van der Waals surface area (Å²) in [6.45, 7) is 10.3. The van der Waals surface area contributed by atoms with Crippen molar-refractivity contribution >= 4 is 11.8 Å². The molecule has 0 aliphatic carbocycles. The van der Waals surface area contributed by atoms with Crippen molar-refractivity contribution in [1.82, 2.24) is 10.2 Å². The maximum atomic E-state index is 12.4. The summed E-state index contributed by atoms with van der Waals surface area (Å²) in [4.78, 5) is 25.7. The monoisotopic (exact) mass is 280 g/mol. The quantitative estimate of drug-likeness (QED) is 0.869. The van der Waals surface area contributed by atoms with Crippen molar-refractivity contribution < 1.29 is 14.0 Å². The van der Waals surface area contributed by atoms with Crippen LogP contribution in [-0.2, 0) is 4.79 Å². The lowest BCUT2D eigenvalue weighted by Crippen LogP contribution is -2.37. The van der Waals surface area contributed by atoms with Crippen molar-refractivity contribution in [3.8, 4) is 0 Å². The van der Waals surface area contributed by atoms with E-state index < -0.39 is 0 Å². The van der Waals surface area contributed by atoms with E-state index in [1.165, 1.54) is 0 Å². The Morgan fingerprint density at radius 3 is 2.45 bits per heavy atom. The first kappa shape index (κ1) is 16.3. The third kappa shape index (κ3) is 4.40. The van der Waals surface area contributed by atoms with Crippen LogP contribution in [0.5, 0.6) is 0 Å². The normalized spacial score (nSPS) is 10.7. The Hall–Kier alpha value is -1.78. The molecule has 5 heteroatoms. The Morgan fingerprint density at radius 2 is 2.00 bits per heavy atom. The van der Waals surface area contributed by atoms with E-state index in [9.17, 15) is 9.59 Å². The van der Waals surface area contributed by atoms with Crippen LogP contribution in [0.25, 0.3) is 0 Å². The van der Waals surface area contributed by atoms with Gasteiger partial charge in [-0.3, -0.25) is 9.59 Å². The second kappa shape index (κ2) is 7.12. The highest BCUT2D eigenvalue weighted by molar-refractivity contribution is 5.95. The molecule has 0 saturated heterocycles. The molecule has 0 saturated carbocycles. The fraction of sp³-hybridized carbons (Fsp3) is 0.600. The van der Waals surface area contributed by atoms with Crippen molar-refractivity contribution in [2.24, 2.45) is 0 Å². The maximum absolute atomic E-state index is 12.4. The number of hydrogen-bond donors (Lipinski definition) is 1. The molecule has 0 aliphatic rings. The van der Waals surface area contributed by atoms with E-state index in [2.05, 4.69) is 5.32 Å². The van der Waals surface area contributed by atoms with Gasteiger partial charge in [0.15, 0.2) is 0 Å². The zero-order valence-electron chi connectivity index (χ0n) is 12.9. The largest absolute Gasteiger partial charge is 0.466 e. The summed E-state index contributed by atoms with van der Waals surface area (Å²) in [5.41, 5.74) is 0.577. The van der Waals surface area contributed by atoms with Gasteiger partial charge < -0.3 is 14.6 Å². The number of amides is 2. The third-order valence-corrected chi connectivity index (χ3v) is 3.00. The van der Waals surface area contributed by atoms with Gasteiger partial charge in [0.05, 0.1) is 5.56 Å². The first-order chi connectivity index (χ1) is 9.35. The number of rotatable bonds is 6. The van der Waals surface area contributed by atoms with Crippen LogP contribution < -0.4 is 5.32 Å². The summed E-state index contributed by atoms with van der Waals surface area (Å²) in [6, 6.07) is 1.86. The summed E-state index contributed by atoms with van der Waals surface area (Å²) in [7, 11) is 0. The molecular weight excluding hydrogens is 256 g/mol. The minimum absolute atomic E-state index is 0.0358. The summed E-state index contributed by atoms with van der Waals surface area (Å²) in [5, 5.41) is 2.82. The van der Waals surface area contributed by atoms with Crippen LogP contribution in [0.1, 0.15) is 49.1 Å². The highest BCUT2D eigenvalue weighted by Crippen LogP contribution is 2.16. The molecule has 0 aromatic carbocycles. The van der Waals surface area contributed by atoms with Gasteiger partial charge in [-0.2, -0.15) is 0 Å². The summed E-state index contributed by atoms with van der Waals surface area (Å²) >= 11 is 0. The molecule has 2 amide bonds. The van der Waals surface area contributed by atoms with Gasteiger partial charge in [-0.15, -0.1) is 0 Å². The van der Waals surface area contributed by atoms with Crippen molar-refractivity contribution in [1.29, 1.82) is 0 Å². The molecule has 0 unspecified atom stereocenters. The maximum Gasteiger partial charge on any atom is 0.257 e. The zero-order valence-corrected chi connectivity index (χ0v) is 12.9. The van der Waals surface area contributed by atoms with Gasteiger partial charge in [0, 0.05) is 25.6 Å². The molecule has 0 atom stereocenters. The summed E-state index contributed by atoms with van der Waals surface area (Å²) in [5.74, 6) is 1.22. The Balaban J connectivity index is 2.64. The molecule has 1 N–H and O–H groups in total. The molecule has 1 aromatic heterocycles. The molecule has 0 fully saturated rings. The van der Waals surface area contributed by atoms with Gasteiger partial charge in [-0.1, -0.05) is 0 Å². The molecular formula is C15H24N2O3. The topological polar surface area (TPSA) is 62.6 Å². The lowest BCUT2D eigenvalue weighted by Gasteiger charge is -2.20. The molecule has 1 aromatic rings. The van der Waals surface area contributed by atoms with E-state index in [1.54, 1.807) is 17.9 Å². The van der Waals surface area contributed by atoms with Crippen molar-refractivity contribution in [3.05, 3.63) is 23.2 Å². The van der Waals surface area contributed by atoms with E-state index in [0.29, 0.717) is 30.8 Å². The molecule has 0 spiro atoms. The second-order valence-electron chi connectivity index (χ2n) is 5.18.